The van der Waals surface area contributed by atoms with Gasteiger partial charge in [0.2, 0.25) is 0 Å². The molecule has 0 aromatic carbocycles. The molecule has 0 spiro atoms. The second-order valence-corrected chi connectivity index (χ2v) is 5.88. The molecule has 0 saturated heterocycles. The number of rotatable bonds is 3. The molecule has 0 bridgehead atoms. The summed E-state index contributed by atoms with van der Waals surface area (Å²) in [6, 6.07) is 1.85. The summed E-state index contributed by atoms with van der Waals surface area (Å²) in [6.07, 6.45) is 11.4. The van der Waals surface area contributed by atoms with Gasteiger partial charge in [0.15, 0.2) is 5.78 Å². The van der Waals surface area contributed by atoms with E-state index in [1.807, 2.05) is 25.5 Å². The summed E-state index contributed by atoms with van der Waals surface area (Å²) in [6.45, 7) is 0. The van der Waals surface area contributed by atoms with E-state index >= 15 is 0 Å². The van der Waals surface area contributed by atoms with Crippen LogP contribution in [0.25, 0.3) is 16.8 Å². The van der Waals surface area contributed by atoms with E-state index in [1.165, 1.54) is 0 Å². The molecule has 3 aromatic rings. The van der Waals surface area contributed by atoms with Gasteiger partial charge in [-0.1, -0.05) is 12.8 Å². The van der Waals surface area contributed by atoms with E-state index in [-0.39, 0.29) is 11.7 Å². The number of aromatic nitrogens is 5. The topological polar surface area (TPSA) is 65.1 Å². The second-order valence-electron chi connectivity index (χ2n) is 5.88. The Bertz CT molecular complexity index is 841. The maximum absolute atomic E-state index is 12.8. The Morgan fingerprint density at radius 1 is 1.23 bits per heavy atom. The average Bonchev–Trinajstić information content (AvgIpc) is 3.26. The molecule has 4 rings (SSSR count). The molecule has 0 atom stereocenters. The van der Waals surface area contributed by atoms with Gasteiger partial charge < -0.3 is 0 Å². The quantitative estimate of drug-likeness (QED) is 0.696. The van der Waals surface area contributed by atoms with Gasteiger partial charge in [-0.15, -0.1) is 0 Å². The van der Waals surface area contributed by atoms with Crippen molar-refractivity contribution in [2.75, 3.05) is 0 Å². The molecule has 0 aliphatic heterocycles. The average molecular weight is 295 g/mol. The summed E-state index contributed by atoms with van der Waals surface area (Å²) in [5.74, 6) is 0.254. The van der Waals surface area contributed by atoms with E-state index in [1.54, 1.807) is 21.6 Å². The third-order valence-corrected chi connectivity index (χ3v) is 4.35. The van der Waals surface area contributed by atoms with Crippen LogP contribution < -0.4 is 0 Å². The highest BCUT2D eigenvalue weighted by atomic mass is 16.1. The minimum absolute atomic E-state index is 0.107. The van der Waals surface area contributed by atoms with Crippen molar-refractivity contribution in [3.8, 4) is 11.3 Å². The zero-order valence-corrected chi connectivity index (χ0v) is 12.4. The fourth-order valence-electron chi connectivity index (χ4n) is 3.18. The van der Waals surface area contributed by atoms with Crippen LogP contribution in [0.15, 0.2) is 30.9 Å². The third kappa shape index (κ3) is 2.11. The van der Waals surface area contributed by atoms with Gasteiger partial charge >= 0.3 is 0 Å². The molecule has 22 heavy (non-hydrogen) atoms. The molecule has 1 saturated carbocycles. The normalized spacial score (nSPS) is 15.7. The van der Waals surface area contributed by atoms with Crippen LogP contribution in [0.4, 0.5) is 0 Å². The third-order valence-electron chi connectivity index (χ3n) is 4.35. The Hall–Kier alpha value is -2.50. The van der Waals surface area contributed by atoms with Crippen LogP contribution in [0.5, 0.6) is 0 Å². The van der Waals surface area contributed by atoms with Crippen LogP contribution in [0.3, 0.4) is 0 Å². The summed E-state index contributed by atoms with van der Waals surface area (Å²) in [7, 11) is 1.86. The van der Waals surface area contributed by atoms with Crippen LogP contribution in [0.1, 0.15) is 36.2 Å². The number of ketones is 1. The van der Waals surface area contributed by atoms with E-state index in [9.17, 15) is 4.79 Å². The van der Waals surface area contributed by atoms with Gasteiger partial charge in [-0.05, 0) is 18.9 Å². The van der Waals surface area contributed by atoms with E-state index in [2.05, 4.69) is 15.2 Å². The van der Waals surface area contributed by atoms with Crippen molar-refractivity contribution in [1.82, 2.24) is 24.4 Å². The molecule has 0 unspecified atom stereocenters. The minimum Gasteiger partial charge on any atom is -0.292 e. The van der Waals surface area contributed by atoms with Crippen LogP contribution in [-0.4, -0.2) is 30.2 Å². The molecular weight excluding hydrogens is 278 g/mol. The first-order chi connectivity index (χ1) is 10.7. The molecule has 3 heterocycles. The molecule has 6 nitrogen and oxygen atoms in total. The number of fused-ring (bicyclic) bond motifs is 1. The van der Waals surface area contributed by atoms with Gasteiger partial charge in [0.05, 0.1) is 29.8 Å². The Morgan fingerprint density at radius 3 is 2.77 bits per heavy atom. The summed E-state index contributed by atoms with van der Waals surface area (Å²) in [5.41, 5.74) is 2.93. The number of hydrogen-bond donors (Lipinski definition) is 0. The first kappa shape index (κ1) is 13.2. The van der Waals surface area contributed by atoms with Crippen LogP contribution >= 0.6 is 0 Å². The Balaban J connectivity index is 1.85. The van der Waals surface area contributed by atoms with Crippen LogP contribution in [0.2, 0.25) is 0 Å². The molecule has 3 aromatic heterocycles. The van der Waals surface area contributed by atoms with Crippen LogP contribution in [0, 0.1) is 5.92 Å². The van der Waals surface area contributed by atoms with E-state index in [4.69, 9.17) is 0 Å². The maximum atomic E-state index is 12.8. The van der Waals surface area contributed by atoms with Crippen molar-refractivity contribution >= 4 is 11.3 Å². The number of carbonyl (C=O) groups excluding carboxylic acids is 1. The smallest absolute Gasteiger partial charge is 0.186 e. The lowest BCUT2D eigenvalue weighted by molar-refractivity contribution is 0.0919. The molecule has 112 valence electrons. The summed E-state index contributed by atoms with van der Waals surface area (Å²) in [4.78, 5) is 17.5. The van der Waals surface area contributed by atoms with Crippen molar-refractivity contribution in [2.45, 2.75) is 25.7 Å². The highest BCUT2D eigenvalue weighted by Crippen LogP contribution is 2.29. The van der Waals surface area contributed by atoms with Gasteiger partial charge in [0, 0.05) is 24.7 Å². The highest BCUT2D eigenvalue weighted by molar-refractivity contribution is 6.02. The van der Waals surface area contributed by atoms with Crippen molar-refractivity contribution in [3.05, 3.63) is 36.5 Å². The SMILES string of the molecule is Cn1cc(-c2cn3nccc3c(C(=O)C3CCCC3)n2)cn1. The monoisotopic (exact) mass is 295 g/mol. The molecular formula is C16H17N5O. The Kier molecular flexibility index (Phi) is 3.03. The van der Waals surface area contributed by atoms with Crippen molar-refractivity contribution in [2.24, 2.45) is 13.0 Å². The highest BCUT2D eigenvalue weighted by Gasteiger charge is 2.27. The van der Waals surface area contributed by atoms with E-state index in [0.717, 1.165) is 42.5 Å². The number of nitrogens with zero attached hydrogens (tertiary/aromatic N) is 5. The summed E-state index contributed by atoms with van der Waals surface area (Å²) in [5, 5.41) is 8.45. The predicted molar refractivity (Wildman–Crippen MR) is 81.5 cm³/mol. The van der Waals surface area contributed by atoms with Gasteiger partial charge in [0.25, 0.3) is 0 Å². The lowest BCUT2D eigenvalue weighted by Gasteiger charge is -2.10. The lowest BCUT2D eigenvalue weighted by Crippen LogP contribution is -2.15. The molecule has 6 heteroatoms. The second kappa shape index (κ2) is 5.05. The number of aryl methyl sites for hydroxylation is 1. The van der Waals surface area contributed by atoms with Crippen molar-refractivity contribution < 1.29 is 4.79 Å². The van der Waals surface area contributed by atoms with E-state index in [0.29, 0.717) is 5.69 Å². The fraction of sp³-hybridized carbons (Fsp3) is 0.375. The first-order valence-electron chi connectivity index (χ1n) is 7.60. The molecule has 0 N–H and O–H groups in total. The predicted octanol–water partition coefficient (Wildman–Crippen LogP) is 2.50. The van der Waals surface area contributed by atoms with Gasteiger partial charge in [-0.2, -0.15) is 10.2 Å². The molecule has 1 aliphatic rings. The fourth-order valence-corrected chi connectivity index (χ4v) is 3.18. The van der Waals surface area contributed by atoms with Crippen molar-refractivity contribution in [1.29, 1.82) is 0 Å². The molecule has 1 fully saturated rings. The molecule has 1 aliphatic carbocycles. The van der Waals surface area contributed by atoms with Gasteiger partial charge in [-0.3, -0.25) is 9.48 Å². The largest absolute Gasteiger partial charge is 0.292 e. The standard InChI is InChI=1S/C16H17N5O/c1-20-9-12(8-18-20)13-10-21-14(6-7-17-21)15(19-13)16(22)11-4-2-3-5-11/h6-11H,2-5H2,1H3. The number of hydrogen-bond acceptors (Lipinski definition) is 4. The maximum Gasteiger partial charge on any atom is 0.186 e. The van der Waals surface area contributed by atoms with Gasteiger partial charge in [-0.25, -0.2) is 9.50 Å². The van der Waals surface area contributed by atoms with E-state index < -0.39 is 0 Å². The number of Topliss-reactive ketones (excluding diaryl/α,β-unsaturated/α-hetero) is 1. The molecule has 0 radical (unpaired) electrons. The summed E-state index contributed by atoms with van der Waals surface area (Å²) < 4.78 is 3.46. The van der Waals surface area contributed by atoms with Gasteiger partial charge in [0.1, 0.15) is 5.69 Å². The zero-order valence-electron chi connectivity index (χ0n) is 12.4. The van der Waals surface area contributed by atoms with Crippen LogP contribution in [-0.2, 0) is 7.05 Å². The zero-order chi connectivity index (χ0) is 15.1. The molecule has 0 amide bonds. The Labute approximate surface area is 127 Å². The van der Waals surface area contributed by atoms with Crippen molar-refractivity contribution in [3.63, 3.8) is 0 Å². The summed E-state index contributed by atoms with van der Waals surface area (Å²) >= 11 is 0. The first-order valence-corrected chi connectivity index (χ1v) is 7.60. The minimum atomic E-state index is 0.107. The Morgan fingerprint density at radius 2 is 2.05 bits per heavy atom. The number of carbonyl (C=O) groups is 1. The lowest BCUT2D eigenvalue weighted by atomic mass is 9.99.